The number of esters is 1. The largest absolute Gasteiger partial charge is 0.452 e. The molecule has 0 aliphatic carbocycles. The summed E-state index contributed by atoms with van der Waals surface area (Å²) in [5.41, 5.74) is 0.807. The average molecular weight is 383 g/mol. The van der Waals surface area contributed by atoms with Crippen molar-refractivity contribution >= 4 is 39.9 Å². The Balaban J connectivity index is 2.37. The molecule has 124 valence electrons. The number of nitrogens with one attached hydrogen (secondary N) is 2. The maximum absolute atomic E-state index is 11.5. The van der Waals surface area contributed by atoms with Crippen LogP contribution in [0.5, 0.6) is 0 Å². The molecular weight excluding hydrogens is 364 g/mol. The SMILES string of the molecule is CC[C@@H](C)NC(=O)NC(=O)COC(=O)/C=C/c1ccccc1Br. The fourth-order valence-electron chi connectivity index (χ4n) is 1.48. The molecular formula is C16H19BrN2O4. The Labute approximate surface area is 143 Å². The van der Waals surface area contributed by atoms with Crippen molar-refractivity contribution in [2.45, 2.75) is 26.3 Å². The summed E-state index contributed by atoms with van der Waals surface area (Å²) < 4.78 is 5.60. The van der Waals surface area contributed by atoms with Crippen molar-refractivity contribution < 1.29 is 19.1 Å². The molecule has 0 fully saturated rings. The molecule has 3 amide bonds. The summed E-state index contributed by atoms with van der Waals surface area (Å²) in [6.07, 6.45) is 3.53. The van der Waals surface area contributed by atoms with Crippen LogP contribution in [0.15, 0.2) is 34.8 Å². The van der Waals surface area contributed by atoms with Gasteiger partial charge < -0.3 is 10.1 Å². The van der Waals surface area contributed by atoms with Gasteiger partial charge in [-0.25, -0.2) is 9.59 Å². The molecule has 0 bridgehead atoms. The van der Waals surface area contributed by atoms with Gasteiger partial charge >= 0.3 is 12.0 Å². The highest BCUT2D eigenvalue weighted by atomic mass is 79.9. The van der Waals surface area contributed by atoms with Gasteiger partial charge in [0, 0.05) is 16.6 Å². The van der Waals surface area contributed by atoms with E-state index in [9.17, 15) is 14.4 Å². The van der Waals surface area contributed by atoms with Crippen LogP contribution in [-0.2, 0) is 14.3 Å². The third-order valence-corrected chi connectivity index (χ3v) is 3.61. The van der Waals surface area contributed by atoms with Crippen LogP contribution in [-0.4, -0.2) is 30.6 Å². The second-order valence-electron chi connectivity index (χ2n) is 4.79. The number of urea groups is 1. The van der Waals surface area contributed by atoms with Crippen LogP contribution in [0, 0.1) is 0 Å². The monoisotopic (exact) mass is 382 g/mol. The maximum atomic E-state index is 11.5. The van der Waals surface area contributed by atoms with Crippen molar-refractivity contribution in [2.24, 2.45) is 0 Å². The second-order valence-corrected chi connectivity index (χ2v) is 5.65. The Morgan fingerprint density at radius 2 is 2.00 bits per heavy atom. The van der Waals surface area contributed by atoms with Crippen molar-refractivity contribution in [2.75, 3.05) is 6.61 Å². The van der Waals surface area contributed by atoms with Crippen LogP contribution in [0.1, 0.15) is 25.8 Å². The average Bonchev–Trinajstić information content (AvgIpc) is 2.51. The van der Waals surface area contributed by atoms with Gasteiger partial charge in [0.05, 0.1) is 0 Å². The highest BCUT2D eigenvalue weighted by molar-refractivity contribution is 9.10. The van der Waals surface area contributed by atoms with E-state index in [2.05, 4.69) is 26.6 Å². The number of hydrogen-bond donors (Lipinski definition) is 2. The number of carbonyl (C=O) groups excluding carboxylic acids is 3. The summed E-state index contributed by atoms with van der Waals surface area (Å²) in [4.78, 5) is 34.4. The van der Waals surface area contributed by atoms with E-state index in [0.29, 0.717) is 0 Å². The van der Waals surface area contributed by atoms with Crippen LogP contribution in [0.25, 0.3) is 6.08 Å². The van der Waals surface area contributed by atoms with Gasteiger partial charge in [0.25, 0.3) is 5.91 Å². The maximum Gasteiger partial charge on any atom is 0.331 e. The van der Waals surface area contributed by atoms with Gasteiger partial charge in [-0.3, -0.25) is 10.1 Å². The molecule has 1 rings (SSSR count). The van der Waals surface area contributed by atoms with Gasteiger partial charge in [0.1, 0.15) is 0 Å². The normalized spacial score (nSPS) is 11.8. The second kappa shape index (κ2) is 9.78. The van der Waals surface area contributed by atoms with Crippen molar-refractivity contribution in [3.63, 3.8) is 0 Å². The molecule has 23 heavy (non-hydrogen) atoms. The molecule has 7 heteroatoms. The molecule has 1 aromatic rings. The molecule has 0 aliphatic heterocycles. The lowest BCUT2D eigenvalue weighted by atomic mass is 10.2. The predicted octanol–water partition coefficient (Wildman–Crippen LogP) is 2.63. The summed E-state index contributed by atoms with van der Waals surface area (Å²) in [6, 6.07) is 6.70. The van der Waals surface area contributed by atoms with Crippen LogP contribution in [0.4, 0.5) is 4.79 Å². The number of imide groups is 1. The first-order valence-corrected chi connectivity index (χ1v) is 7.91. The lowest BCUT2D eigenvalue weighted by molar-refractivity contribution is -0.143. The Morgan fingerprint density at radius 3 is 2.65 bits per heavy atom. The zero-order valence-corrected chi connectivity index (χ0v) is 14.6. The van der Waals surface area contributed by atoms with E-state index in [4.69, 9.17) is 4.74 Å². The molecule has 0 heterocycles. The van der Waals surface area contributed by atoms with E-state index in [1.54, 1.807) is 6.08 Å². The van der Waals surface area contributed by atoms with E-state index in [0.717, 1.165) is 16.5 Å². The lowest BCUT2D eigenvalue weighted by Gasteiger charge is -2.11. The van der Waals surface area contributed by atoms with E-state index >= 15 is 0 Å². The molecule has 0 aromatic heterocycles. The topological polar surface area (TPSA) is 84.5 Å². The molecule has 1 atom stereocenters. The van der Waals surface area contributed by atoms with Crippen LogP contribution in [0.3, 0.4) is 0 Å². The summed E-state index contributed by atoms with van der Waals surface area (Å²) in [7, 11) is 0. The first kappa shape index (κ1) is 18.9. The molecule has 6 nitrogen and oxygen atoms in total. The highest BCUT2D eigenvalue weighted by Crippen LogP contribution is 2.16. The fourth-order valence-corrected chi connectivity index (χ4v) is 1.89. The number of carbonyl (C=O) groups is 3. The zero-order valence-electron chi connectivity index (χ0n) is 13.0. The van der Waals surface area contributed by atoms with Crippen LogP contribution < -0.4 is 10.6 Å². The van der Waals surface area contributed by atoms with Crippen molar-refractivity contribution in [1.29, 1.82) is 0 Å². The Morgan fingerprint density at radius 1 is 1.30 bits per heavy atom. The Bertz CT molecular complexity index is 601. The molecule has 0 unspecified atom stereocenters. The highest BCUT2D eigenvalue weighted by Gasteiger charge is 2.11. The standard InChI is InChI=1S/C16H19BrN2O4/c1-3-11(2)18-16(22)19-14(20)10-23-15(21)9-8-12-6-4-5-7-13(12)17/h4-9,11H,3,10H2,1-2H3,(H2,18,19,20,22)/b9-8+/t11-/m1/s1. The molecule has 0 radical (unpaired) electrons. The van der Waals surface area contributed by atoms with Crippen LogP contribution in [0.2, 0.25) is 0 Å². The number of rotatable bonds is 6. The van der Waals surface area contributed by atoms with Crippen molar-refractivity contribution in [3.8, 4) is 0 Å². The summed E-state index contributed by atoms with van der Waals surface area (Å²) in [5, 5.41) is 4.66. The minimum Gasteiger partial charge on any atom is -0.452 e. The third kappa shape index (κ3) is 7.60. The zero-order chi connectivity index (χ0) is 17.2. The quantitative estimate of drug-likeness (QED) is 0.584. The molecule has 1 aromatic carbocycles. The number of benzene rings is 1. The van der Waals surface area contributed by atoms with Gasteiger partial charge in [-0.2, -0.15) is 0 Å². The van der Waals surface area contributed by atoms with Gasteiger partial charge in [-0.15, -0.1) is 0 Å². The summed E-state index contributed by atoms with van der Waals surface area (Å²) in [5.74, 6) is -1.35. The predicted molar refractivity (Wildman–Crippen MR) is 90.6 cm³/mol. The van der Waals surface area contributed by atoms with Gasteiger partial charge in [0.15, 0.2) is 6.61 Å². The minimum atomic E-state index is -0.687. The molecule has 0 aliphatic rings. The first-order chi connectivity index (χ1) is 10.9. The third-order valence-electron chi connectivity index (χ3n) is 2.89. The molecule has 0 spiro atoms. The smallest absolute Gasteiger partial charge is 0.331 e. The van der Waals surface area contributed by atoms with Crippen molar-refractivity contribution in [1.82, 2.24) is 10.6 Å². The number of amides is 3. The van der Waals surface area contributed by atoms with Gasteiger partial charge in [-0.05, 0) is 31.1 Å². The Hall–Kier alpha value is -2.15. The Kier molecular flexibility index (Phi) is 8.04. The summed E-state index contributed by atoms with van der Waals surface area (Å²) >= 11 is 3.35. The number of halogens is 1. The summed E-state index contributed by atoms with van der Waals surface area (Å²) in [6.45, 7) is 3.20. The van der Waals surface area contributed by atoms with Crippen molar-refractivity contribution in [3.05, 3.63) is 40.4 Å². The number of ether oxygens (including phenoxy) is 1. The molecule has 0 saturated carbocycles. The van der Waals surface area contributed by atoms with Crippen LogP contribution >= 0.6 is 15.9 Å². The molecule has 0 saturated heterocycles. The van der Waals surface area contributed by atoms with E-state index in [-0.39, 0.29) is 6.04 Å². The first-order valence-electron chi connectivity index (χ1n) is 7.12. The van der Waals surface area contributed by atoms with Gasteiger partial charge in [0.2, 0.25) is 0 Å². The minimum absolute atomic E-state index is 0.0439. The lowest BCUT2D eigenvalue weighted by Crippen LogP contribution is -2.44. The fraction of sp³-hybridized carbons (Fsp3) is 0.312. The van der Waals surface area contributed by atoms with E-state index < -0.39 is 24.5 Å². The number of hydrogen-bond acceptors (Lipinski definition) is 4. The molecule has 2 N–H and O–H groups in total. The van der Waals surface area contributed by atoms with E-state index in [1.807, 2.05) is 38.1 Å². The van der Waals surface area contributed by atoms with Gasteiger partial charge in [-0.1, -0.05) is 41.1 Å². The van der Waals surface area contributed by atoms with E-state index in [1.165, 1.54) is 6.08 Å².